The quantitative estimate of drug-likeness (QED) is 0.734. The number of carbonyl (C=O) groups is 1. The Morgan fingerprint density at radius 2 is 1.96 bits per heavy atom. The van der Waals surface area contributed by atoms with E-state index in [0.717, 1.165) is 10.8 Å². The van der Waals surface area contributed by atoms with Crippen LogP contribution in [0, 0.1) is 0 Å². The van der Waals surface area contributed by atoms with Crippen LogP contribution in [0.5, 0.6) is 11.7 Å². The summed E-state index contributed by atoms with van der Waals surface area (Å²) >= 11 is 0. The molecule has 4 rings (SSSR count). The minimum Gasteiger partial charge on any atom is -0.497 e. The normalized spacial score (nSPS) is 14.5. The predicted molar refractivity (Wildman–Crippen MR) is 94.8 cm³/mol. The number of nitrogens with zero attached hydrogens (tertiary/aromatic N) is 2. The fourth-order valence-electron chi connectivity index (χ4n) is 2.65. The molecular formula is C20H14N2O4. The average molecular weight is 346 g/mol. The van der Waals surface area contributed by atoms with Crippen LogP contribution in [0.4, 0.5) is 0 Å². The molecule has 6 heteroatoms. The summed E-state index contributed by atoms with van der Waals surface area (Å²) < 4.78 is 10.5. The zero-order chi connectivity index (χ0) is 18.1. The molecule has 3 aromatic rings. The summed E-state index contributed by atoms with van der Waals surface area (Å²) in [5, 5.41) is 11.4. The fourth-order valence-corrected chi connectivity index (χ4v) is 2.65. The first-order chi connectivity index (χ1) is 12.6. The van der Waals surface area contributed by atoms with Crippen molar-refractivity contribution in [2.24, 2.45) is 4.99 Å². The van der Waals surface area contributed by atoms with Crippen molar-refractivity contribution in [1.29, 1.82) is 0 Å². The monoisotopic (exact) mass is 346 g/mol. The minimum absolute atomic E-state index is 0.171. The van der Waals surface area contributed by atoms with Gasteiger partial charge in [0.1, 0.15) is 11.4 Å². The van der Waals surface area contributed by atoms with E-state index in [-0.39, 0.29) is 17.5 Å². The fraction of sp³-hybridized carbons (Fsp3) is 0.0500. The number of benzene rings is 2. The van der Waals surface area contributed by atoms with Crippen LogP contribution in [0.1, 0.15) is 5.69 Å². The first-order valence-corrected chi connectivity index (χ1v) is 7.90. The molecule has 0 bridgehead atoms. The van der Waals surface area contributed by atoms with E-state index >= 15 is 0 Å². The smallest absolute Gasteiger partial charge is 0.310 e. The van der Waals surface area contributed by atoms with Gasteiger partial charge >= 0.3 is 5.95 Å². The van der Waals surface area contributed by atoms with Gasteiger partial charge in [-0.2, -0.15) is 0 Å². The van der Waals surface area contributed by atoms with Gasteiger partial charge in [-0.15, -0.1) is 0 Å². The van der Waals surface area contributed by atoms with Crippen LogP contribution in [-0.4, -0.2) is 23.1 Å². The Kier molecular flexibility index (Phi) is 3.85. The van der Waals surface area contributed by atoms with E-state index in [4.69, 9.17) is 9.15 Å². The highest BCUT2D eigenvalue weighted by molar-refractivity contribution is 6.07. The van der Waals surface area contributed by atoms with Gasteiger partial charge in [-0.25, -0.2) is 9.98 Å². The van der Waals surface area contributed by atoms with Crippen molar-refractivity contribution < 1.29 is 19.1 Å². The Labute approximate surface area is 148 Å². The Bertz CT molecular complexity index is 1140. The van der Waals surface area contributed by atoms with Gasteiger partial charge in [0.2, 0.25) is 5.89 Å². The second-order valence-electron chi connectivity index (χ2n) is 5.66. The third-order valence-electron chi connectivity index (χ3n) is 3.96. The van der Waals surface area contributed by atoms with Gasteiger partial charge in [0, 0.05) is 16.4 Å². The van der Waals surface area contributed by atoms with Crippen LogP contribution in [-0.2, 0) is 4.79 Å². The summed E-state index contributed by atoms with van der Waals surface area (Å²) in [6.07, 6.45) is 3.14. The Morgan fingerprint density at radius 1 is 1.15 bits per heavy atom. The van der Waals surface area contributed by atoms with Crippen molar-refractivity contribution in [3.05, 3.63) is 70.4 Å². The zero-order valence-electron chi connectivity index (χ0n) is 13.8. The van der Waals surface area contributed by atoms with Crippen LogP contribution in [0.2, 0.25) is 0 Å². The number of ether oxygens (including phenoxy) is 1. The van der Waals surface area contributed by atoms with E-state index in [9.17, 15) is 9.90 Å². The van der Waals surface area contributed by atoms with E-state index in [1.807, 2.05) is 30.3 Å². The zero-order valence-corrected chi connectivity index (χ0v) is 13.8. The molecule has 0 saturated heterocycles. The molecule has 0 fully saturated rings. The molecule has 6 nitrogen and oxygen atoms in total. The van der Waals surface area contributed by atoms with Gasteiger partial charge in [-0.1, -0.05) is 18.2 Å². The van der Waals surface area contributed by atoms with Crippen molar-refractivity contribution in [2.45, 2.75) is 0 Å². The Balaban J connectivity index is 1.78. The molecule has 0 aliphatic carbocycles. The maximum atomic E-state index is 12.3. The average Bonchev–Trinajstić information content (AvgIpc) is 3.03. The highest BCUT2D eigenvalue weighted by Gasteiger charge is 2.16. The molecule has 0 radical (unpaired) electrons. The number of hydrogen-bond acceptors (Lipinski definition) is 5. The molecular weight excluding hydrogens is 332 g/mol. The third kappa shape index (κ3) is 2.88. The van der Waals surface area contributed by atoms with Gasteiger partial charge in [0.25, 0.3) is 5.91 Å². The van der Waals surface area contributed by atoms with E-state index < -0.39 is 5.91 Å². The molecule has 128 valence electrons. The van der Waals surface area contributed by atoms with Crippen LogP contribution in [0.3, 0.4) is 0 Å². The van der Waals surface area contributed by atoms with Crippen molar-refractivity contribution >= 4 is 18.1 Å². The summed E-state index contributed by atoms with van der Waals surface area (Å²) in [6.45, 7) is 0. The van der Waals surface area contributed by atoms with Crippen LogP contribution >= 0.6 is 0 Å². The summed E-state index contributed by atoms with van der Waals surface area (Å²) in [6, 6.07) is 14.5. The topological polar surface area (TPSA) is 84.9 Å². The molecule has 2 aromatic carbocycles. The Hall–Kier alpha value is -3.67. The lowest BCUT2D eigenvalue weighted by Crippen LogP contribution is -2.30. The number of hydrogen-bond donors (Lipinski definition) is 1. The van der Waals surface area contributed by atoms with E-state index in [1.54, 1.807) is 31.4 Å². The number of methoxy groups -OCH3 is 1. The molecule has 0 atom stereocenters. The van der Waals surface area contributed by atoms with E-state index in [1.165, 1.54) is 6.08 Å². The van der Waals surface area contributed by atoms with Crippen molar-refractivity contribution in [2.75, 3.05) is 7.11 Å². The van der Waals surface area contributed by atoms with Gasteiger partial charge in [0.15, 0.2) is 0 Å². The maximum absolute atomic E-state index is 12.3. The van der Waals surface area contributed by atoms with Gasteiger partial charge in [-0.3, -0.25) is 4.79 Å². The highest BCUT2D eigenvalue weighted by atomic mass is 16.5. The molecule has 0 unspecified atom stereocenters. The second kappa shape index (κ2) is 6.33. The maximum Gasteiger partial charge on any atom is 0.310 e. The van der Waals surface area contributed by atoms with E-state index in [2.05, 4.69) is 9.98 Å². The lowest BCUT2D eigenvalue weighted by atomic mass is 10.1. The molecule has 2 heterocycles. The number of amides is 1. The first-order valence-electron chi connectivity index (χ1n) is 7.90. The van der Waals surface area contributed by atoms with E-state index in [0.29, 0.717) is 16.7 Å². The summed E-state index contributed by atoms with van der Waals surface area (Å²) in [5.74, 6) is 0.178. The molecule has 1 aliphatic rings. The van der Waals surface area contributed by atoms with Gasteiger partial charge < -0.3 is 14.3 Å². The first kappa shape index (κ1) is 15.8. The third-order valence-corrected chi connectivity index (χ3v) is 3.96. The molecule has 1 amide bonds. The lowest BCUT2D eigenvalue weighted by molar-refractivity contribution is -0.114. The molecule has 0 spiro atoms. The van der Waals surface area contributed by atoms with Gasteiger partial charge in [-0.05, 0) is 42.5 Å². The SMILES string of the molecule is COc1ccc2c(c1)=CC(=Cc1nc(-c3ccccc3)oc1O)C(=O)N=2. The molecule has 0 saturated carbocycles. The van der Waals surface area contributed by atoms with Crippen LogP contribution in [0.15, 0.2) is 63.5 Å². The Morgan fingerprint density at radius 3 is 2.73 bits per heavy atom. The molecule has 26 heavy (non-hydrogen) atoms. The minimum atomic E-state index is -0.411. The number of fused-ring (bicyclic) bond motifs is 1. The molecule has 1 aliphatic heterocycles. The number of aromatic hydroxyl groups is 1. The largest absolute Gasteiger partial charge is 0.497 e. The standard InChI is InChI=1S/C20H14N2O4/c1-25-15-7-8-16-13(10-15)9-14(18(23)21-16)11-17-20(24)26-19(22-17)12-5-3-2-4-6-12/h2-11,24H,1H3. The van der Waals surface area contributed by atoms with Crippen molar-refractivity contribution in [3.8, 4) is 23.1 Å². The molecule has 1 aromatic heterocycles. The lowest BCUT2D eigenvalue weighted by Gasteiger charge is -2.04. The number of oxazole rings is 1. The number of aromatic nitrogens is 1. The van der Waals surface area contributed by atoms with Crippen LogP contribution in [0.25, 0.3) is 23.6 Å². The highest BCUT2D eigenvalue weighted by Crippen LogP contribution is 2.28. The van der Waals surface area contributed by atoms with Gasteiger partial charge in [0.05, 0.1) is 12.5 Å². The molecule has 1 N–H and O–H groups in total. The summed E-state index contributed by atoms with van der Waals surface area (Å²) in [7, 11) is 1.57. The summed E-state index contributed by atoms with van der Waals surface area (Å²) in [4.78, 5) is 20.6. The number of rotatable bonds is 3. The summed E-state index contributed by atoms with van der Waals surface area (Å²) in [5.41, 5.74) is 1.20. The predicted octanol–water partition coefficient (Wildman–Crippen LogP) is 2.08. The second-order valence-corrected chi connectivity index (χ2v) is 5.66. The van der Waals surface area contributed by atoms with Crippen molar-refractivity contribution in [3.63, 3.8) is 0 Å². The van der Waals surface area contributed by atoms with Crippen LogP contribution < -0.4 is 15.3 Å². The number of carbonyl (C=O) groups excluding carboxylic acids is 1. The van der Waals surface area contributed by atoms with Crippen molar-refractivity contribution in [1.82, 2.24) is 4.98 Å².